The lowest BCUT2D eigenvalue weighted by atomic mass is 10.1. The number of aliphatic imine (C=N–C) groups is 1. The number of rotatable bonds is 9. The van der Waals surface area contributed by atoms with Gasteiger partial charge in [0.15, 0.2) is 5.96 Å². The normalized spacial score (nSPS) is 15.8. The molecule has 0 radical (unpaired) electrons. The second-order valence-electron chi connectivity index (χ2n) is 7.54. The number of hydrogen-bond acceptors (Lipinski definition) is 4. The molecule has 1 aliphatic heterocycles. The first-order chi connectivity index (χ1) is 14.7. The van der Waals surface area contributed by atoms with Gasteiger partial charge in [-0.05, 0) is 54.8 Å². The molecule has 0 bridgehead atoms. The van der Waals surface area contributed by atoms with E-state index in [2.05, 4.69) is 56.9 Å². The summed E-state index contributed by atoms with van der Waals surface area (Å²) in [6.45, 7) is 4.34. The maximum Gasteiger partial charge on any atom is 0.191 e. The molecular formula is C24H34N4O2. The van der Waals surface area contributed by atoms with E-state index in [1.165, 1.54) is 29.5 Å². The minimum Gasteiger partial charge on any atom is -0.497 e. The number of nitrogens with zero attached hydrogens (tertiary/aromatic N) is 2. The maximum absolute atomic E-state index is 5.45. The molecule has 6 heteroatoms. The van der Waals surface area contributed by atoms with Crippen molar-refractivity contribution in [3.63, 3.8) is 0 Å². The van der Waals surface area contributed by atoms with Crippen LogP contribution in [0.5, 0.6) is 5.75 Å². The molecule has 0 spiro atoms. The van der Waals surface area contributed by atoms with E-state index in [9.17, 15) is 0 Å². The van der Waals surface area contributed by atoms with Crippen LogP contribution < -0.4 is 15.4 Å². The van der Waals surface area contributed by atoms with Crippen molar-refractivity contribution >= 4 is 5.96 Å². The van der Waals surface area contributed by atoms with Crippen LogP contribution in [0.15, 0.2) is 53.5 Å². The Morgan fingerprint density at radius 2 is 1.80 bits per heavy atom. The highest BCUT2D eigenvalue weighted by molar-refractivity contribution is 5.79. The highest BCUT2D eigenvalue weighted by Gasteiger charge is 2.24. The third kappa shape index (κ3) is 5.97. The Labute approximate surface area is 180 Å². The van der Waals surface area contributed by atoms with Gasteiger partial charge < -0.3 is 20.1 Å². The van der Waals surface area contributed by atoms with Gasteiger partial charge in [-0.1, -0.05) is 36.4 Å². The Hall–Kier alpha value is -2.57. The third-order valence-electron chi connectivity index (χ3n) is 5.61. The molecule has 2 N–H and O–H groups in total. The van der Waals surface area contributed by atoms with Crippen molar-refractivity contribution in [3.05, 3.63) is 65.2 Å². The van der Waals surface area contributed by atoms with Crippen molar-refractivity contribution in [3.8, 4) is 5.75 Å². The first-order valence-corrected chi connectivity index (χ1v) is 10.6. The Bertz CT molecular complexity index is 818. The fourth-order valence-corrected chi connectivity index (χ4v) is 3.98. The summed E-state index contributed by atoms with van der Waals surface area (Å²) in [5, 5.41) is 6.97. The molecule has 1 aliphatic rings. The lowest BCUT2D eigenvalue weighted by Gasteiger charge is -2.29. The van der Waals surface area contributed by atoms with Crippen LogP contribution in [-0.2, 0) is 17.9 Å². The van der Waals surface area contributed by atoms with Gasteiger partial charge in [0, 0.05) is 27.2 Å². The molecule has 1 unspecified atom stereocenters. The SMILES string of the molecule is CN=C(NCc1ccccc1COC)NCC(c1cccc(OC)c1)N1CCCC1. The second kappa shape index (κ2) is 11.6. The van der Waals surface area contributed by atoms with E-state index in [1.807, 2.05) is 19.2 Å². The topological polar surface area (TPSA) is 58.1 Å². The predicted octanol–water partition coefficient (Wildman–Crippen LogP) is 3.34. The van der Waals surface area contributed by atoms with E-state index >= 15 is 0 Å². The van der Waals surface area contributed by atoms with Gasteiger partial charge in [0.05, 0.1) is 19.8 Å². The summed E-state index contributed by atoms with van der Waals surface area (Å²) >= 11 is 0. The molecular weight excluding hydrogens is 376 g/mol. The summed E-state index contributed by atoms with van der Waals surface area (Å²) in [6.07, 6.45) is 2.51. The molecule has 6 nitrogen and oxygen atoms in total. The van der Waals surface area contributed by atoms with Crippen LogP contribution in [-0.4, -0.2) is 51.8 Å². The first-order valence-electron chi connectivity index (χ1n) is 10.6. The van der Waals surface area contributed by atoms with E-state index in [1.54, 1.807) is 14.2 Å². The lowest BCUT2D eigenvalue weighted by Crippen LogP contribution is -2.42. The Morgan fingerprint density at radius 1 is 1.03 bits per heavy atom. The molecule has 0 saturated carbocycles. The number of benzene rings is 2. The molecule has 30 heavy (non-hydrogen) atoms. The minimum atomic E-state index is 0.280. The average Bonchev–Trinajstić information content (AvgIpc) is 3.32. The van der Waals surface area contributed by atoms with Gasteiger partial charge >= 0.3 is 0 Å². The second-order valence-corrected chi connectivity index (χ2v) is 7.54. The molecule has 3 rings (SSSR count). The quantitative estimate of drug-likeness (QED) is 0.490. The van der Waals surface area contributed by atoms with E-state index in [0.717, 1.165) is 31.3 Å². The van der Waals surface area contributed by atoms with Gasteiger partial charge in [-0.25, -0.2) is 0 Å². The van der Waals surface area contributed by atoms with Crippen LogP contribution >= 0.6 is 0 Å². The Morgan fingerprint density at radius 3 is 2.50 bits per heavy atom. The van der Waals surface area contributed by atoms with E-state index in [4.69, 9.17) is 9.47 Å². The first kappa shape index (κ1) is 22.1. The Kier molecular flexibility index (Phi) is 8.53. The number of nitrogens with one attached hydrogen (secondary N) is 2. The molecule has 0 aromatic heterocycles. The molecule has 1 saturated heterocycles. The fourth-order valence-electron chi connectivity index (χ4n) is 3.98. The van der Waals surface area contributed by atoms with Crippen LogP contribution in [0.4, 0.5) is 0 Å². The van der Waals surface area contributed by atoms with Crippen LogP contribution in [0.1, 0.15) is 35.6 Å². The van der Waals surface area contributed by atoms with E-state index in [-0.39, 0.29) is 6.04 Å². The molecule has 162 valence electrons. The summed E-state index contributed by atoms with van der Waals surface area (Å²) in [7, 11) is 5.25. The zero-order valence-electron chi connectivity index (χ0n) is 18.4. The predicted molar refractivity (Wildman–Crippen MR) is 122 cm³/mol. The third-order valence-corrected chi connectivity index (χ3v) is 5.61. The van der Waals surface area contributed by atoms with Crippen molar-refractivity contribution < 1.29 is 9.47 Å². The largest absolute Gasteiger partial charge is 0.497 e. The number of likely N-dealkylation sites (tertiary alicyclic amines) is 1. The fraction of sp³-hybridized carbons (Fsp3) is 0.458. The standard InChI is InChI=1S/C24H34N4O2/c1-25-24(26-16-20-9-4-5-10-21(20)18-29-2)27-17-23(28-13-6-7-14-28)19-11-8-12-22(15-19)30-3/h4-5,8-12,15,23H,6-7,13-14,16-18H2,1-3H3,(H2,25,26,27). The zero-order valence-corrected chi connectivity index (χ0v) is 18.4. The molecule has 0 amide bonds. The maximum atomic E-state index is 5.45. The monoisotopic (exact) mass is 410 g/mol. The molecule has 1 heterocycles. The van der Waals surface area contributed by atoms with Crippen LogP contribution in [0.25, 0.3) is 0 Å². The summed E-state index contributed by atoms with van der Waals surface area (Å²) in [5.41, 5.74) is 3.67. The molecule has 1 atom stereocenters. The molecule has 1 fully saturated rings. The number of hydrogen-bond donors (Lipinski definition) is 2. The van der Waals surface area contributed by atoms with Crippen molar-refractivity contribution in [1.29, 1.82) is 0 Å². The minimum absolute atomic E-state index is 0.280. The van der Waals surface area contributed by atoms with Crippen LogP contribution in [0.2, 0.25) is 0 Å². The van der Waals surface area contributed by atoms with E-state index < -0.39 is 0 Å². The highest BCUT2D eigenvalue weighted by Crippen LogP contribution is 2.27. The summed E-state index contributed by atoms with van der Waals surface area (Å²) in [6, 6.07) is 17.0. The average molecular weight is 411 g/mol. The van der Waals surface area contributed by atoms with Crippen molar-refractivity contribution in [2.75, 3.05) is 40.9 Å². The lowest BCUT2D eigenvalue weighted by molar-refractivity contribution is 0.184. The van der Waals surface area contributed by atoms with Gasteiger partial charge in [-0.2, -0.15) is 0 Å². The van der Waals surface area contributed by atoms with Crippen molar-refractivity contribution in [2.45, 2.75) is 32.0 Å². The summed E-state index contributed by atoms with van der Waals surface area (Å²) < 4.78 is 10.8. The molecule has 2 aromatic rings. The van der Waals surface area contributed by atoms with Gasteiger partial charge in [0.2, 0.25) is 0 Å². The van der Waals surface area contributed by atoms with Crippen LogP contribution in [0, 0.1) is 0 Å². The van der Waals surface area contributed by atoms with Gasteiger partial charge in [-0.15, -0.1) is 0 Å². The zero-order chi connectivity index (χ0) is 21.2. The van der Waals surface area contributed by atoms with Gasteiger partial charge in [0.25, 0.3) is 0 Å². The smallest absolute Gasteiger partial charge is 0.191 e. The van der Waals surface area contributed by atoms with Gasteiger partial charge in [-0.3, -0.25) is 9.89 Å². The summed E-state index contributed by atoms with van der Waals surface area (Å²) in [4.78, 5) is 6.97. The van der Waals surface area contributed by atoms with Crippen molar-refractivity contribution in [2.24, 2.45) is 4.99 Å². The number of ether oxygens (including phenoxy) is 2. The van der Waals surface area contributed by atoms with E-state index in [0.29, 0.717) is 13.2 Å². The molecule has 0 aliphatic carbocycles. The molecule has 2 aromatic carbocycles. The summed E-state index contributed by atoms with van der Waals surface area (Å²) in [5.74, 6) is 1.70. The number of guanidine groups is 1. The van der Waals surface area contributed by atoms with Crippen LogP contribution in [0.3, 0.4) is 0 Å². The highest BCUT2D eigenvalue weighted by atomic mass is 16.5. The van der Waals surface area contributed by atoms with Crippen molar-refractivity contribution in [1.82, 2.24) is 15.5 Å². The van der Waals surface area contributed by atoms with Gasteiger partial charge in [0.1, 0.15) is 5.75 Å². The Balaban J connectivity index is 1.64. The number of methoxy groups -OCH3 is 2.